The average Bonchev–Trinajstić information content (AvgIpc) is 2.59. The molecule has 0 amide bonds. The molecule has 68 valence electrons. The Hall–Kier alpha value is -0.530. The van der Waals surface area contributed by atoms with Crippen molar-refractivity contribution in [2.24, 2.45) is 17.8 Å². The second kappa shape index (κ2) is 3.08. The van der Waals surface area contributed by atoms with Crippen molar-refractivity contribution in [3.05, 3.63) is 0 Å². The Morgan fingerprint density at radius 3 is 2.58 bits per heavy atom. The third-order valence-electron chi connectivity index (χ3n) is 3.42. The Morgan fingerprint density at radius 1 is 1.33 bits per heavy atom. The quantitative estimate of drug-likeness (QED) is 0.702. The lowest BCUT2D eigenvalue weighted by Gasteiger charge is -2.05. The number of aliphatic carboxylic acids is 1. The second-order valence-electron chi connectivity index (χ2n) is 4.30. The maximum absolute atomic E-state index is 10.4. The summed E-state index contributed by atoms with van der Waals surface area (Å²) in [6.07, 6.45) is 7.08. The first-order chi connectivity index (χ1) is 5.77. The second-order valence-corrected chi connectivity index (χ2v) is 4.30. The summed E-state index contributed by atoms with van der Waals surface area (Å²) in [5, 5.41) is 8.58. The molecule has 2 nitrogen and oxygen atoms in total. The molecule has 1 N–H and O–H groups in total. The van der Waals surface area contributed by atoms with Gasteiger partial charge >= 0.3 is 5.97 Å². The summed E-state index contributed by atoms with van der Waals surface area (Å²) < 4.78 is 0. The lowest BCUT2D eigenvalue weighted by atomic mass is 10.00. The molecule has 0 aliphatic heterocycles. The zero-order valence-corrected chi connectivity index (χ0v) is 7.33. The molecule has 0 saturated heterocycles. The summed E-state index contributed by atoms with van der Waals surface area (Å²) >= 11 is 0. The van der Waals surface area contributed by atoms with Gasteiger partial charge in [0.15, 0.2) is 0 Å². The fourth-order valence-corrected chi connectivity index (χ4v) is 2.69. The zero-order chi connectivity index (χ0) is 8.55. The van der Waals surface area contributed by atoms with Crippen LogP contribution in [0.25, 0.3) is 0 Å². The molecular formula is C10H16O2. The van der Waals surface area contributed by atoms with Crippen LogP contribution in [0.2, 0.25) is 0 Å². The third-order valence-corrected chi connectivity index (χ3v) is 3.42. The number of hydrogen-bond acceptors (Lipinski definition) is 1. The molecule has 0 spiro atoms. The summed E-state index contributed by atoms with van der Waals surface area (Å²) in [5.41, 5.74) is 0. The van der Waals surface area contributed by atoms with Crippen LogP contribution in [0.15, 0.2) is 0 Å². The van der Waals surface area contributed by atoms with Crippen molar-refractivity contribution >= 4 is 5.97 Å². The van der Waals surface area contributed by atoms with Crippen molar-refractivity contribution in [2.75, 3.05) is 0 Å². The Labute approximate surface area is 73.0 Å². The molecule has 0 bridgehead atoms. The normalized spacial score (nSPS) is 35.3. The number of hydrogen-bond donors (Lipinski definition) is 1. The van der Waals surface area contributed by atoms with E-state index in [4.69, 9.17) is 5.11 Å². The summed E-state index contributed by atoms with van der Waals surface area (Å²) in [6, 6.07) is 0. The number of carbonyl (C=O) groups is 1. The van der Waals surface area contributed by atoms with E-state index < -0.39 is 5.97 Å². The van der Waals surface area contributed by atoms with E-state index in [0.29, 0.717) is 12.3 Å². The topological polar surface area (TPSA) is 37.3 Å². The highest BCUT2D eigenvalue weighted by atomic mass is 16.4. The highest BCUT2D eigenvalue weighted by Gasteiger charge is 2.44. The smallest absolute Gasteiger partial charge is 0.303 e. The van der Waals surface area contributed by atoms with E-state index in [1.54, 1.807) is 0 Å². The summed E-state index contributed by atoms with van der Waals surface area (Å²) in [6.45, 7) is 0. The third kappa shape index (κ3) is 1.62. The van der Waals surface area contributed by atoms with Crippen molar-refractivity contribution in [1.82, 2.24) is 0 Å². The van der Waals surface area contributed by atoms with Crippen molar-refractivity contribution in [3.63, 3.8) is 0 Å². The van der Waals surface area contributed by atoms with Gasteiger partial charge in [0.05, 0.1) is 0 Å². The Morgan fingerprint density at radius 2 is 2.00 bits per heavy atom. The van der Waals surface area contributed by atoms with Crippen molar-refractivity contribution < 1.29 is 9.90 Å². The first-order valence-corrected chi connectivity index (χ1v) is 4.99. The first kappa shape index (κ1) is 8.09. The number of carboxylic acids is 1. The first-order valence-electron chi connectivity index (χ1n) is 4.99. The van der Waals surface area contributed by atoms with E-state index in [0.717, 1.165) is 11.8 Å². The predicted molar refractivity (Wildman–Crippen MR) is 45.8 cm³/mol. The molecule has 2 rings (SSSR count). The van der Waals surface area contributed by atoms with Crippen molar-refractivity contribution in [1.29, 1.82) is 0 Å². The van der Waals surface area contributed by atoms with Gasteiger partial charge in [0.25, 0.3) is 0 Å². The fraction of sp³-hybridized carbons (Fsp3) is 0.900. The van der Waals surface area contributed by atoms with Crippen LogP contribution in [0.5, 0.6) is 0 Å². The molecule has 0 heterocycles. The van der Waals surface area contributed by atoms with Crippen molar-refractivity contribution in [2.45, 2.75) is 38.5 Å². The van der Waals surface area contributed by atoms with E-state index in [1.165, 1.54) is 32.1 Å². The minimum atomic E-state index is -0.611. The molecule has 12 heavy (non-hydrogen) atoms. The van der Waals surface area contributed by atoms with Crippen LogP contribution in [0.4, 0.5) is 0 Å². The van der Waals surface area contributed by atoms with Gasteiger partial charge in [0.2, 0.25) is 0 Å². The van der Waals surface area contributed by atoms with E-state index in [2.05, 4.69) is 0 Å². The van der Waals surface area contributed by atoms with Gasteiger partial charge in [-0.15, -0.1) is 0 Å². The molecule has 0 aromatic rings. The molecule has 2 aliphatic rings. The molecule has 2 unspecified atom stereocenters. The van der Waals surface area contributed by atoms with Crippen LogP contribution >= 0.6 is 0 Å². The van der Waals surface area contributed by atoms with Gasteiger partial charge in [0.1, 0.15) is 0 Å². The van der Waals surface area contributed by atoms with Gasteiger partial charge in [-0.1, -0.05) is 25.7 Å². The minimum absolute atomic E-state index is 0.418. The highest BCUT2D eigenvalue weighted by molar-refractivity contribution is 5.67. The monoisotopic (exact) mass is 168 g/mol. The molecular weight excluding hydrogens is 152 g/mol. The standard InChI is InChI=1S/C10H16O2/c11-10(12)6-8-5-9(8)7-3-1-2-4-7/h7-9H,1-6H2,(H,11,12). The summed E-state index contributed by atoms with van der Waals surface area (Å²) in [7, 11) is 0. The summed E-state index contributed by atoms with van der Waals surface area (Å²) in [4.78, 5) is 10.4. The van der Waals surface area contributed by atoms with E-state index >= 15 is 0 Å². The minimum Gasteiger partial charge on any atom is -0.481 e. The Balaban J connectivity index is 1.75. The molecule has 2 saturated carbocycles. The maximum atomic E-state index is 10.4. The van der Waals surface area contributed by atoms with Crippen LogP contribution in [0, 0.1) is 17.8 Å². The van der Waals surface area contributed by atoms with Crippen LogP contribution in [-0.2, 0) is 4.79 Å². The van der Waals surface area contributed by atoms with Gasteiger partial charge in [-0.3, -0.25) is 4.79 Å². The molecule has 0 radical (unpaired) electrons. The lowest BCUT2D eigenvalue weighted by Crippen LogP contribution is -2.02. The SMILES string of the molecule is O=C(O)CC1CC1C1CCCC1. The molecule has 2 fully saturated rings. The van der Waals surface area contributed by atoms with Crippen LogP contribution < -0.4 is 0 Å². The van der Waals surface area contributed by atoms with Crippen LogP contribution in [0.1, 0.15) is 38.5 Å². The largest absolute Gasteiger partial charge is 0.481 e. The van der Waals surface area contributed by atoms with Crippen molar-refractivity contribution in [3.8, 4) is 0 Å². The maximum Gasteiger partial charge on any atom is 0.303 e. The van der Waals surface area contributed by atoms with Gasteiger partial charge in [0, 0.05) is 6.42 Å². The van der Waals surface area contributed by atoms with E-state index in [-0.39, 0.29) is 0 Å². The molecule has 0 aromatic heterocycles. The van der Waals surface area contributed by atoms with Gasteiger partial charge in [-0.05, 0) is 24.2 Å². The molecule has 2 heteroatoms. The zero-order valence-electron chi connectivity index (χ0n) is 7.33. The average molecular weight is 168 g/mol. The van der Waals surface area contributed by atoms with Gasteiger partial charge in [-0.2, -0.15) is 0 Å². The van der Waals surface area contributed by atoms with Crippen LogP contribution in [-0.4, -0.2) is 11.1 Å². The van der Waals surface area contributed by atoms with Crippen LogP contribution in [0.3, 0.4) is 0 Å². The number of rotatable bonds is 3. The molecule has 2 aliphatic carbocycles. The number of carboxylic acid groups (broad SMARTS) is 1. The lowest BCUT2D eigenvalue weighted by molar-refractivity contribution is -0.137. The molecule has 0 aromatic carbocycles. The van der Waals surface area contributed by atoms with Gasteiger partial charge < -0.3 is 5.11 Å². The molecule has 2 atom stereocenters. The van der Waals surface area contributed by atoms with E-state index in [9.17, 15) is 4.79 Å². The van der Waals surface area contributed by atoms with E-state index in [1.807, 2.05) is 0 Å². The highest BCUT2D eigenvalue weighted by Crippen LogP contribution is 2.51. The summed E-state index contributed by atoms with van der Waals surface area (Å²) in [5.74, 6) is 1.59. The Kier molecular flexibility index (Phi) is 2.07. The Bertz CT molecular complexity index is 182. The predicted octanol–water partition coefficient (Wildman–Crippen LogP) is 2.29. The van der Waals surface area contributed by atoms with Gasteiger partial charge in [-0.25, -0.2) is 0 Å². The fourth-order valence-electron chi connectivity index (χ4n) is 2.69.